The second-order valence-electron chi connectivity index (χ2n) is 8.48. The van der Waals surface area contributed by atoms with Crippen LogP contribution in [-0.2, 0) is 14.3 Å². The summed E-state index contributed by atoms with van der Waals surface area (Å²) >= 11 is 0. The van der Waals surface area contributed by atoms with Gasteiger partial charge in [0.2, 0.25) is 0 Å². The Balaban J connectivity index is 1.32. The van der Waals surface area contributed by atoms with E-state index in [1.165, 1.54) is 12.8 Å². The molecule has 0 N–H and O–H groups in total. The molecule has 0 aromatic carbocycles. The van der Waals surface area contributed by atoms with Crippen LogP contribution in [0.15, 0.2) is 12.2 Å². The zero-order valence-electron chi connectivity index (χ0n) is 12.8. The summed E-state index contributed by atoms with van der Waals surface area (Å²) in [5.74, 6) is 3.08. The van der Waals surface area contributed by atoms with Gasteiger partial charge in [-0.25, -0.2) is 0 Å². The standard InChI is InChI=1S/C18H24O3/c1-18(2)14-8-11-7-13(14)16(21-18)15(11)20-17(19)12-6-9-3-4-10(12)5-9/h3-4,9-16H,5-8H2,1-2H3. The quantitative estimate of drug-likeness (QED) is 0.579. The lowest BCUT2D eigenvalue weighted by Gasteiger charge is -2.28. The molecule has 114 valence electrons. The van der Waals surface area contributed by atoms with Crippen LogP contribution >= 0.6 is 0 Å². The average molecular weight is 288 g/mol. The van der Waals surface area contributed by atoms with E-state index in [1.807, 2.05) is 0 Å². The lowest BCUT2D eigenvalue weighted by atomic mass is 9.80. The molecular formula is C18H24O3. The molecule has 0 aromatic heterocycles. The average Bonchev–Trinajstić information content (AvgIpc) is 3.19. The number of hydrogen-bond donors (Lipinski definition) is 0. The van der Waals surface area contributed by atoms with Gasteiger partial charge in [0.15, 0.2) is 0 Å². The van der Waals surface area contributed by atoms with E-state index in [0.29, 0.717) is 29.6 Å². The molecule has 0 amide bonds. The summed E-state index contributed by atoms with van der Waals surface area (Å²) < 4.78 is 12.3. The van der Waals surface area contributed by atoms with Crippen LogP contribution in [0.5, 0.6) is 0 Å². The predicted molar refractivity (Wildman–Crippen MR) is 77.4 cm³/mol. The van der Waals surface area contributed by atoms with Crippen LogP contribution in [0.2, 0.25) is 0 Å². The van der Waals surface area contributed by atoms with E-state index < -0.39 is 0 Å². The largest absolute Gasteiger partial charge is 0.459 e. The molecular weight excluding hydrogens is 264 g/mol. The van der Waals surface area contributed by atoms with Crippen molar-refractivity contribution in [1.82, 2.24) is 0 Å². The molecule has 3 nitrogen and oxygen atoms in total. The van der Waals surface area contributed by atoms with Crippen molar-refractivity contribution in [3.8, 4) is 0 Å². The number of carbonyl (C=O) groups is 1. The van der Waals surface area contributed by atoms with Crippen LogP contribution in [-0.4, -0.2) is 23.8 Å². The van der Waals surface area contributed by atoms with Gasteiger partial charge in [-0.05, 0) is 69.1 Å². The smallest absolute Gasteiger partial charge is 0.309 e. The molecule has 8 atom stereocenters. The first-order valence-electron chi connectivity index (χ1n) is 8.59. The molecule has 4 fully saturated rings. The van der Waals surface area contributed by atoms with Gasteiger partial charge >= 0.3 is 5.97 Å². The van der Waals surface area contributed by atoms with Crippen LogP contribution in [0.25, 0.3) is 0 Å². The molecule has 0 radical (unpaired) electrons. The minimum Gasteiger partial charge on any atom is -0.459 e. The lowest BCUT2D eigenvalue weighted by molar-refractivity contribution is -0.166. The first kappa shape index (κ1) is 12.7. The number of ether oxygens (including phenoxy) is 2. The Morgan fingerprint density at radius 1 is 1.19 bits per heavy atom. The summed E-state index contributed by atoms with van der Waals surface area (Å²) in [5, 5.41) is 0. The van der Waals surface area contributed by atoms with Crippen molar-refractivity contribution in [2.75, 3.05) is 0 Å². The molecule has 4 aliphatic carbocycles. The van der Waals surface area contributed by atoms with Crippen molar-refractivity contribution in [1.29, 1.82) is 0 Å². The maximum absolute atomic E-state index is 12.6. The van der Waals surface area contributed by atoms with Crippen LogP contribution in [0.4, 0.5) is 0 Å². The SMILES string of the molecule is CC1(C)OC2C3CC(CC31)C2OC(=O)C1CC2C=CC1C2. The summed E-state index contributed by atoms with van der Waals surface area (Å²) in [5.41, 5.74) is -0.0274. The molecule has 5 aliphatic rings. The van der Waals surface area contributed by atoms with Crippen molar-refractivity contribution >= 4 is 5.97 Å². The minimum atomic E-state index is -0.0274. The lowest BCUT2D eigenvalue weighted by Crippen LogP contribution is -2.38. The number of allylic oxidation sites excluding steroid dienone is 2. The van der Waals surface area contributed by atoms with Crippen molar-refractivity contribution in [3.05, 3.63) is 12.2 Å². The fraction of sp³-hybridized carbons (Fsp3) is 0.833. The fourth-order valence-electron chi connectivity index (χ4n) is 6.08. The van der Waals surface area contributed by atoms with E-state index in [1.54, 1.807) is 0 Å². The van der Waals surface area contributed by atoms with Gasteiger partial charge < -0.3 is 9.47 Å². The summed E-state index contributed by atoms with van der Waals surface area (Å²) in [4.78, 5) is 12.6. The molecule has 1 heterocycles. The first-order chi connectivity index (χ1) is 10.0. The molecule has 0 aromatic rings. The molecule has 21 heavy (non-hydrogen) atoms. The first-order valence-corrected chi connectivity index (χ1v) is 8.59. The van der Waals surface area contributed by atoms with Gasteiger partial charge in [0.05, 0.1) is 17.6 Å². The number of esters is 1. The Labute approximate surface area is 126 Å². The zero-order chi connectivity index (χ0) is 14.4. The Morgan fingerprint density at radius 3 is 2.76 bits per heavy atom. The maximum Gasteiger partial charge on any atom is 0.309 e. The second kappa shape index (κ2) is 3.92. The van der Waals surface area contributed by atoms with E-state index in [-0.39, 0.29) is 29.7 Å². The number of carbonyl (C=O) groups excluding carboxylic acids is 1. The highest BCUT2D eigenvalue weighted by atomic mass is 16.6. The molecule has 3 heteroatoms. The Bertz CT molecular complexity index is 523. The van der Waals surface area contributed by atoms with E-state index >= 15 is 0 Å². The van der Waals surface area contributed by atoms with Crippen LogP contribution in [0.3, 0.4) is 0 Å². The third-order valence-corrected chi connectivity index (χ3v) is 7.03. The van der Waals surface area contributed by atoms with Gasteiger partial charge in [0.25, 0.3) is 0 Å². The van der Waals surface area contributed by atoms with Crippen LogP contribution in [0, 0.1) is 35.5 Å². The summed E-state index contributed by atoms with van der Waals surface area (Å²) in [6.45, 7) is 4.41. The highest BCUT2D eigenvalue weighted by Crippen LogP contribution is 2.61. The molecule has 4 bridgehead atoms. The monoisotopic (exact) mass is 288 g/mol. The minimum absolute atomic E-state index is 0.0274. The molecule has 1 aliphatic heterocycles. The van der Waals surface area contributed by atoms with Crippen molar-refractivity contribution in [3.63, 3.8) is 0 Å². The van der Waals surface area contributed by atoms with Gasteiger partial charge in [-0.3, -0.25) is 4.79 Å². The Hall–Kier alpha value is -0.830. The van der Waals surface area contributed by atoms with Crippen molar-refractivity contribution in [2.45, 2.75) is 57.3 Å². The van der Waals surface area contributed by atoms with Gasteiger partial charge in [0.1, 0.15) is 6.10 Å². The highest BCUT2D eigenvalue weighted by Gasteiger charge is 2.65. The predicted octanol–water partition coefficient (Wildman–Crippen LogP) is 2.94. The van der Waals surface area contributed by atoms with Crippen LogP contribution in [0.1, 0.15) is 39.5 Å². The summed E-state index contributed by atoms with van der Waals surface area (Å²) in [6.07, 6.45) is 9.25. The van der Waals surface area contributed by atoms with E-state index in [2.05, 4.69) is 26.0 Å². The molecule has 0 spiro atoms. The Kier molecular flexibility index (Phi) is 2.37. The van der Waals surface area contributed by atoms with Gasteiger partial charge in [0, 0.05) is 0 Å². The molecule has 5 rings (SSSR count). The number of fused-ring (bicyclic) bond motifs is 3. The van der Waals surface area contributed by atoms with E-state index in [0.717, 1.165) is 12.8 Å². The molecule has 1 saturated heterocycles. The molecule has 8 unspecified atom stereocenters. The van der Waals surface area contributed by atoms with Gasteiger partial charge in [-0.1, -0.05) is 12.2 Å². The van der Waals surface area contributed by atoms with Gasteiger partial charge in [-0.15, -0.1) is 0 Å². The number of rotatable bonds is 2. The number of hydrogen-bond acceptors (Lipinski definition) is 3. The maximum atomic E-state index is 12.6. The second-order valence-corrected chi connectivity index (χ2v) is 8.48. The Morgan fingerprint density at radius 2 is 2.05 bits per heavy atom. The topological polar surface area (TPSA) is 35.5 Å². The van der Waals surface area contributed by atoms with E-state index in [9.17, 15) is 4.79 Å². The fourth-order valence-corrected chi connectivity index (χ4v) is 6.08. The summed E-state index contributed by atoms with van der Waals surface area (Å²) in [6, 6.07) is 0. The third-order valence-electron chi connectivity index (χ3n) is 7.03. The van der Waals surface area contributed by atoms with E-state index in [4.69, 9.17) is 9.47 Å². The van der Waals surface area contributed by atoms with Crippen molar-refractivity contribution in [2.24, 2.45) is 35.5 Å². The molecule has 3 saturated carbocycles. The summed E-state index contributed by atoms with van der Waals surface area (Å²) in [7, 11) is 0. The third kappa shape index (κ3) is 1.61. The normalized spacial score (nSPS) is 54.6. The van der Waals surface area contributed by atoms with Gasteiger partial charge in [-0.2, -0.15) is 0 Å². The van der Waals surface area contributed by atoms with Crippen molar-refractivity contribution < 1.29 is 14.3 Å². The van der Waals surface area contributed by atoms with Crippen LogP contribution < -0.4 is 0 Å². The zero-order valence-corrected chi connectivity index (χ0v) is 12.8. The highest BCUT2D eigenvalue weighted by molar-refractivity contribution is 5.74.